The number of benzene rings is 1. The van der Waals surface area contributed by atoms with Gasteiger partial charge in [-0.1, -0.05) is 37.1 Å². The van der Waals surface area contributed by atoms with Gasteiger partial charge in [0.2, 0.25) is 0 Å². The summed E-state index contributed by atoms with van der Waals surface area (Å²) in [4.78, 5) is 26.3. The summed E-state index contributed by atoms with van der Waals surface area (Å²) in [6.45, 7) is 2.27. The Morgan fingerprint density at radius 1 is 1.10 bits per heavy atom. The molecule has 1 heterocycles. The number of hydrogen-bond acceptors (Lipinski definition) is 3. The molecule has 6 nitrogen and oxygen atoms in total. The van der Waals surface area contributed by atoms with Gasteiger partial charge in [-0.2, -0.15) is 13.2 Å². The van der Waals surface area contributed by atoms with Crippen molar-refractivity contribution in [2.24, 2.45) is 5.92 Å². The van der Waals surface area contributed by atoms with E-state index in [4.69, 9.17) is 5.11 Å². The van der Waals surface area contributed by atoms with Crippen molar-refractivity contribution < 1.29 is 27.9 Å². The van der Waals surface area contributed by atoms with Crippen molar-refractivity contribution in [2.45, 2.75) is 49.9 Å². The summed E-state index contributed by atoms with van der Waals surface area (Å²) < 4.78 is 37.9. The van der Waals surface area contributed by atoms with Gasteiger partial charge in [0.1, 0.15) is 0 Å². The molecule has 0 aromatic heterocycles. The Hall–Kier alpha value is -2.29. The zero-order valence-electron chi connectivity index (χ0n) is 16.6. The third-order valence-electron chi connectivity index (χ3n) is 6.49. The topological polar surface area (TPSA) is 72.9 Å². The van der Waals surface area contributed by atoms with E-state index in [-0.39, 0.29) is 6.04 Å². The summed E-state index contributed by atoms with van der Waals surface area (Å²) >= 11 is 0. The largest absolute Gasteiger partial charge is 0.471 e. The molecule has 9 heteroatoms. The quantitative estimate of drug-likeness (QED) is 0.732. The van der Waals surface area contributed by atoms with Gasteiger partial charge in [-0.15, -0.1) is 0 Å². The van der Waals surface area contributed by atoms with E-state index in [1.165, 1.54) is 17.7 Å². The van der Waals surface area contributed by atoms with E-state index in [0.717, 1.165) is 12.0 Å². The van der Waals surface area contributed by atoms with Crippen molar-refractivity contribution in [1.82, 2.24) is 15.1 Å². The second kappa shape index (κ2) is 7.76. The van der Waals surface area contributed by atoms with Crippen molar-refractivity contribution in [3.8, 4) is 0 Å². The second-order valence-electron chi connectivity index (χ2n) is 8.66. The Balaban J connectivity index is 1.47. The van der Waals surface area contributed by atoms with Crippen molar-refractivity contribution in [3.05, 3.63) is 35.4 Å². The van der Waals surface area contributed by atoms with Gasteiger partial charge in [0, 0.05) is 32.2 Å². The molecular weight excluding hydrogens is 399 g/mol. The molecule has 4 rings (SSSR count). The average molecular weight is 425 g/mol. The first-order chi connectivity index (χ1) is 14.2. The molecule has 0 bridgehead atoms. The summed E-state index contributed by atoms with van der Waals surface area (Å²) in [7, 11) is 0. The molecular formula is C21H26F3N3O3. The van der Waals surface area contributed by atoms with Crippen LogP contribution in [0.3, 0.4) is 0 Å². The Morgan fingerprint density at radius 2 is 1.70 bits per heavy atom. The molecule has 3 aliphatic rings. The number of carboxylic acid groups (broad SMARTS) is 1. The standard InChI is InChI=1S/C21H26F3N3O3/c22-21(23,24)18(28)25-20(7-8-20)16-5-3-15(4-6-16)17(13-14-1-2-14)26-9-11-27(12-10-26)19(29)30/h3-6,14,17H,1-2,7-13H2,(H,25,28)(H,29,30). The molecule has 1 atom stereocenters. The fourth-order valence-electron chi connectivity index (χ4n) is 4.31. The van der Waals surface area contributed by atoms with Crippen LogP contribution in [0.15, 0.2) is 24.3 Å². The highest BCUT2D eigenvalue weighted by atomic mass is 19.4. The van der Waals surface area contributed by atoms with Crippen LogP contribution in [0.25, 0.3) is 0 Å². The van der Waals surface area contributed by atoms with Gasteiger partial charge in [-0.3, -0.25) is 9.69 Å². The van der Waals surface area contributed by atoms with Gasteiger partial charge in [0.15, 0.2) is 0 Å². The number of rotatable bonds is 6. The van der Waals surface area contributed by atoms with E-state index >= 15 is 0 Å². The molecule has 2 saturated carbocycles. The first-order valence-electron chi connectivity index (χ1n) is 10.4. The minimum Gasteiger partial charge on any atom is -0.465 e. The summed E-state index contributed by atoms with van der Waals surface area (Å²) in [6.07, 6.45) is -1.38. The normalized spacial score (nSPS) is 22.4. The SMILES string of the molecule is O=C(O)N1CCN(C(CC2CC2)c2ccc(C3(NC(=O)C(F)(F)F)CC3)cc2)CC1. The summed E-state index contributed by atoms with van der Waals surface area (Å²) in [5.74, 6) is -1.22. The third-order valence-corrected chi connectivity index (χ3v) is 6.49. The molecule has 164 valence electrons. The predicted octanol–water partition coefficient (Wildman–Crippen LogP) is 3.49. The van der Waals surface area contributed by atoms with E-state index in [0.29, 0.717) is 50.5 Å². The maximum Gasteiger partial charge on any atom is 0.471 e. The Kier molecular flexibility index (Phi) is 5.42. The van der Waals surface area contributed by atoms with Gasteiger partial charge < -0.3 is 15.3 Å². The molecule has 1 unspecified atom stereocenters. The maximum absolute atomic E-state index is 12.6. The molecule has 1 saturated heterocycles. The Bertz CT molecular complexity index is 796. The summed E-state index contributed by atoms with van der Waals surface area (Å²) in [5.41, 5.74) is 0.877. The highest BCUT2D eigenvalue weighted by Crippen LogP contribution is 2.47. The van der Waals surface area contributed by atoms with Crippen LogP contribution >= 0.6 is 0 Å². The number of halogens is 3. The fourth-order valence-corrected chi connectivity index (χ4v) is 4.31. The monoisotopic (exact) mass is 425 g/mol. The molecule has 1 aliphatic heterocycles. The molecule has 0 radical (unpaired) electrons. The van der Waals surface area contributed by atoms with Crippen molar-refractivity contribution in [2.75, 3.05) is 26.2 Å². The molecule has 1 aromatic carbocycles. The molecule has 2 N–H and O–H groups in total. The first-order valence-corrected chi connectivity index (χ1v) is 10.4. The van der Waals surface area contributed by atoms with E-state index < -0.39 is 23.7 Å². The van der Waals surface area contributed by atoms with E-state index in [1.54, 1.807) is 0 Å². The number of amides is 2. The van der Waals surface area contributed by atoms with Crippen LogP contribution in [0, 0.1) is 5.92 Å². The third kappa shape index (κ3) is 4.55. The number of carbonyl (C=O) groups excluding carboxylic acids is 1. The van der Waals surface area contributed by atoms with Crippen molar-refractivity contribution in [3.63, 3.8) is 0 Å². The Labute approximate surface area is 173 Å². The van der Waals surface area contributed by atoms with Crippen LogP contribution in [-0.2, 0) is 10.3 Å². The van der Waals surface area contributed by atoms with Crippen LogP contribution in [0.1, 0.15) is 49.3 Å². The highest BCUT2D eigenvalue weighted by Gasteiger charge is 2.51. The summed E-state index contributed by atoms with van der Waals surface area (Å²) in [6, 6.07) is 7.72. The number of nitrogens with zero attached hydrogens (tertiary/aromatic N) is 2. The minimum atomic E-state index is -4.89. The lowest BCUT2D eigenvalue weighted by atomic mass is 9.95. The number of piperazine rings is 1. The van der Waals surface area contributed by atoms with Gasteiger partial charge in [0.25, 0.3) is 0 Å². The van der Waals surface area contributed by atoms with Crippen LogP contribution in [-0.4, -0.2) is 59.3 Å². The molecule has 2 aliphatic carbocycles. The van der Waals surface area contributed by atoms with Crippen molar-refractivity contribution >= 4 is 12.0 Å². The van der Waals surface area contributed by atoms with Crippen LogP contribution in [0.2, 0.25) is 0 Å². The van der Waals surface area contributed by atoms with Crippen molar-refractivity contribution in [1.29, 1.82) is 0 Å². The zero-order valence-corrected chi connectivity index (χ0v) is 16.6. The number of carbonyl (C=O) groups is 2. The molecule has 2 amide bonds. The van der Waals surface area contributed by atoms with E-state index in [9.17, 15) is 22.8 Å². The molecule has 1 aromatic rings. The van der Waals surface area contributed by atoms with Gasteiger partial charge in [-0.25, -0.2) is 4.79 Å². The summed E-state index contributed by atoms with van der Waals surface area (Å²) in [5, 5.41) is 11.3. The lowest BCUT2D eigenvalue weighted by Gasteiger charge is -2.38. The number of nitrogens with one attached hydrogen (secondary N) is 1. The molecule has 3 fully saturated rings. The molecule has 0 spiro atoms. The lowest BCUT2D eigenvalue weighted by Crippen LogP contribution is -2.49. The van der Waals surface area contributed by atoms with Gasteiger partial charge in [-0.05, 0) is 36.3 Å². The fraction of sp³-hybridized carbons (Fsp3) is 0.619. The number of alkyl halides is 3. The predicted molar refractivity (Wildman–Crippen MR) is 103 cm³/mol. The first kappa shape index (κ1) is 21.0. The van der Waals surface area contributed by atoms with Crippen LogP contribution in [0.4, 0.5) is 18.0 Å². The second-order valence-corrected chi connectivity index (χ2v) is 8.66. The smallest absolute Gasteiger partial charge is 0.465 e. The minimum absolute atomic E-state index is 0.169. The van der Waals surface area contributed by atoms with E-state index in [1.807, 2.05) is 24.3 Å². The van der Waals surface area contributed by atoms with Gasteiger partial charge >= 0.3 is 18.2 Å². The molecule has 30 heavy (non-hydrogen) atoms. The van der Waals surface area contributed by atoms with Crippen LogP contribution in [0.5, 0.6) is 0 Å². The maximum atomic E-state index is 12.6. The average Bonchev–Trinajstić information content (AvgIpc) is 3.62. The Morgan fingerprint density at radius 3 is 2.17 bits per heavy atom. The lowest BCUT2D eigenvalue weighted by molar-refractivity contribution is -0.174. The highest BCUT2D eigenvalue weighted by molar-refractivity contribution is 5.83. The van der Waals surface area contributed by atoms with Gasteiger partial charge in [0.05, 0.1) is 5.54 Å². The number of hydrogen-bond donors (Lipinski definition) is 2. The van der Waals surface area contributed by atoms with Crippen LogP contribution < -0.4 is 5.32 Å². The van der Waals surface area contributed by atoms with E-state index in [2.05, 4.69) is 10.2 Å². The zero-order chi connectivity index (χ0) is 21.5.